The molecule has 0 radical (unpaired) electrons. The third kappa shape index (κ3) is 8.11. The average molecular weight is 419 g/mol. The van der Waals surface area contributed by atoms with Crippen LogP contribution in [0.4, 0.5) is 0 Å². The Kier molecular flexibility index (Phi) is 10.7. The van der Waals surface area contributed by atoms with Gasteiger partial charge in [0.1, 0.15) is 0 Å². The normalized spacial score (nSPS) is 17.6. The summed E-state index contributed by atoms with van der Waals surface area (Å²) in [6.07, 6.45) is 9.30. The van der Waals surface area contributed by atoms with Gasteiger partial charge in [0.05, 0.1) is 0 Å². The molecular weight excluding hydrogens is 372 g/mol. The molecule has 0 aromatic heterocycles. The van der Waals surface area contributed by atoms with Crippen molar-refractivity contribution < 1.29 is 9.59 Å². The van der Waals surface area contributed by atoms with Gasteiger partial charge >= 0.3 is 0 Å². The zero-order valence-corrected chi connectivity index (χ0v) is 20.8. The van der Waals surface area contributed by atoms with Crippen LogP contribution in [0.15, 0.2) is 23.3 Å². The summed E-state index contributed by atoms with van der Waals surface area (Å²) in [4.78, 5) is 26.0. The molecule has 1 aliphatic carbocycles. The quantitative estimate of drug-likeness (QED) is 0.372. The summed E-state index contributed by atoms with van der Waals surface area (Å²) in [6.45, 7) is 18.9. The van der Waals surface area contributed by atoms with Crippen molar-refractivity contribution in [2.45, 2.75) is 106 Å². The molecule has 0 spiro atoms. The summed E-state index contributed by atoms with van der Waals surface area (Å²) < 4.78 is 0. The zero-order valence-electron chi connectivity index (χ0n) is 20.8. The molecule has 4 heteroatoms. The highest BCUT2D eigenvalue weighted by molar-refractivity contribution is 6.20. The number of nitrogens with one attached hydrogen (secondary N) is 2. The summed E-state index contributed by atoms with van der Waals surface area (Å²) in [6, 6.07) is 0.956. The Morgan fingerprint density at radius 2 is 1.07 bits per heavy atom. The Hall–Kier alpha value is -1.26. The van der Waals surface area contributed by atoms with E-state index in [9.17, 15) is 9.59 Å². The maximum atomic E-state index is 13.0. The van der Waals surface area contributed by atoms with Gasteiger partial charge in [0, 0.05) is 23.2 Å². The highest BCUT2D eigenvalue weighted by Crippen LogP contribution is 2.40. The maximum absolute atomic E-state index is 13.0. The van der Waals surface area contributed by atoms with Gasteiger partial charge in [-0.1, -0.05) is 54.4 Å². The van der Waals surface area contributed by atoms with E-state index < -0.39 is 0 Å². The first-order valence-corrected chi connectivity index (χ1v) is 11.9. The molecule has 172 valence electrons. The van der Waals surface area contributed by atoms with Crippen molar-refractivity contribution in [1.82, 2.24) is 10.6 Å². The molecule has 0 bridgehead atoms. The third-order valence-corrected chi connectivity index (χ3v) is 6.52. The van der Waals surface area contributed by atoms with Gasteiger partial charge in [-0.2, -0.15) is 0 Å². The summed E-state index contributed by atoms with van der Waals surface area (Å²) in [5.74, 6) is 0.0341. The second-order valence-corrected chi connectivity index (χ2v) is 10.3. The number of rotatable bonds is 14. The van der Waals surface area contributed by atoms with Crippen molar-refractivity contribution >= 4 is 11.6 Å². The molecule has 30 heavy (non-hydrogen) atoms. The Labute approximate surface area is 185 Å². The summed E-state index contributed by atoms with van der Waals surface area (Å²) in [5.41, 5.74) is 0.769. The molecule has 0 aromatic rings. The van der Waals surface area contributed by atoms with Crippen LogP contribution in [0.5, 0.6) is 0 Å². The van der Waals surface area contributed by atoms with Gasteiger partial charge in [0.25, 0.3) is 0 Å². The number of ketones is 2. The predicted octanol–water partition coefficient (Wildman–Crippen LogP) is 5.38. The molecule has 2 atom stereocenters. The van der Waals surface area contributed by atoms with Crippen LogP contribution in [0.3, 0.4) is 0 Å². The molecule has 4 nitrogen and oxygen atoms in total. The van der Waals surface area contributed by atoms with Gasteiger partial charge in [-0.3, -0.25) is 9.59 Å². The molecule has 1 aliphatic rings. The van der Waals surface area contributed by atoms with Crippen molar-refractivity contribution in [2.75, 3.05) is 13.1 Å². The lowest BCUT2D eigenvalue weighted by atomic mass is 9.70. The van der Waals surface area contributed by atoms with Crippen molar-refractivity contribution in [2.24, 2.45) is 10.8 Å². The molecule has 0 aromatic carbocycles. The average Bonchev–Trinajstić information content (AvgIpc) is 2.63. The second-order valence-electron chi connectivity index (χ2n) is 10.3. The van der Waals surface area contributed by atoms with Gasteiger partial charge in [0.15, 0.2) is 11.6 Å². The molecule has 0 heterocycles. The molecular formula is C26H46N2O2. The topological polar surface area (TPSA) is 58.2 Å². The number of carbonyl (C=O) groups excluding carboxylic acids is 2. The van der Waals surface area contributed by atoms with E-state index >= 15 is 0 Å². The molecule has 0 saturated carbocycles. The standard InChI is InChI=1S/C26H46N2O2/c1-9-27-19(3)13-11-15-25(5,6)21-17-24(30)22(18-23(21)29)26(7,8)16-12-14-20(4)28-10-2/h17-20,27-28H,9-16H2,1-8H3. The number of allylic oxidation sites excluding steroid dienone is 4. The van der Waals surface area contributed by atoms with Crippen LogP contribution in [0.25, 0.3) is 0 Å². The van der Waals surface area contributed by atoms with E-state index in [1.54, 1.807) is 12.2 Å². The first-order chi connectivity index (χ1) is 13.9. The SMILES string of the molecule is CCNC(C)CCCC(C)(C)C1=CC(=O)C(C(C)(C)CCCC(C)NCC)=CC1=O. The minimum absolute atomic E-state index is 0.0171. The smallest absolute Gasteiger partial charge is 0.182 e. The van der Waals surface area contributed by atoms with Crippen LogP contribution < -0.4 is 10.6 Å². The van der Waals surface area contributed by atoms with Crippen molar-refractivity contribution in [3.63, 3.8) is 0 Å². The summed E-state index contributed by atoms with van der Waals surface area (Å²) in [5, 5.41) is 6.86. The Morgan fingerprint density at radius 1 is 0.733 bits per heavy atom. The number of hydrogen-bond acceptors (Lipinski definition) is 4. The van der Waals surface area contributed by atoms with Gasteiger partial charge in [0.2, 0.25) is 0 Å². The first-order valence-electron chi connectivity index (χ1n) is 11.9. The van der Waals surface area contributed by atoms with E-state index in [0.29, 0.717) is 23.2 Å². The van der Waals surface area contributed by atoms with E-state index in [1.807, 2.05) is 0 Å². The van der Waals surface area contributed by atoms with Crippen LogP contribution >= 0.6 is 0 Å². The van der Waals surface area contributed by atoms with Crippen LogP contribution in [-0.2, 0) is 9.59 Å². The first kappa shape index (κ1) is 26.8. The van der Waals surface area contributed by atoms with E-state index in [2.05, 4.69) is 66.0 Å². The monoisotopic (exact) mass is 418 g/mol. The Bertz CT molecular complexity index is 587. The van der Waals surface area contributed by atoms with Crippen LogP contribution in [-0.4, -0.2) is 36.7 Å². The van der Waals surface area contributed by atoms with Gasteiger partial charge in [-0.25, -0.2) is 0 Å². The molecule has 0 aliphatic heterocycles. The van der Waals surface area contributed by atoms with E-state index in [1.165, 1.54) is 0 Å². The van der Waals surface area contributed by atoms with Crippen molar-refractivity contribution in [3.05, 3.63) is 23.3 Å². The fourth-order valence-corrected chi connectivity index (χ4v) is 4.49. The minimum atomic E-state index is -0.286. The van der Waals surface area contributed by atoms with Crippen LogP contribution in [0, 0.1) is 10.8 Å². The zero-order chi connectivity index (χ0) is 22.9. The van der Waals surface area contributed by atoms with Gasteiger partial charge in [-0.15, -0.1) is 0 Å². The minimum Gasteiger partial charge on any atom is -0.315 e. The Morgan fingerprint density at radius 3 is 1.37 bits per heavy atom. The Balaban J connectivity index is 2.75. The van der Waals surface area contributed by atoms with Gasteiger partial charge in [-0.05, 0) is 75.6 Å². The van der Waals surface area contributed by atoms with E-state index in [-0.39, 0.29) is 22.4 Å². The number of hydrogen-bond donors (Lipinski definition) is 2. The van der Waals surface area contributed by atoms with Crippen LogP contribution in [0.2, 0.25) is 0 Å². The largest absolute Gasteiger partial charge is 0.315 e. The summed E-state index contributed by atoms with van der Waals surface area (Å²) in [7, 11) is 0. The highest BCUT2D eigenvalue weighted by Gasteiger charge is 2.36. The summed E-state index contributed by atoms with van der Waals surface area (Å²) >= 11 is 0. The number of carbonyl (C=O) groups is 2. The van der Waals surface area contributed by atoms with Crippen molar-refractivity contribution in [3.8, 4) is 0 Å². The molecule has 2 unspecified atom stereocenters. The molecule has 0 amide bonds. The molecule has 0 fully saturated rings. The lowest BCUT2D eigenvalue weighted by Crippen LogP contribution is -2.31. The molecule has 0 saturated heterocycles. The highest BCUT2D eigenvalue weighted by atomic mass is 16.1. The fourth-order valence-electron chi connectivity index (χ4n) is 4.49. The third-order valence-electron chi connectivity index (χ3n) is 6.52. The maximum Gasteiger partial charge on any atom is 0.182 e. The molecule has 2 N–H and O–H groups in total. The van der Waals surface area contributed by atoms with Crippen LogP contribution in [0.1, 0.15) is 93.9 Å². The van der Waals surface area contributed by atoms with Gasteiger partial charge < -0.3 is 10.6 Å². The predicted molar refractivity (Wildman–Crippen MR) is 128 cm³/mol. The second kappa shape index (κ2) is 12.0. The van der Waals surface area contributed by atoms with Crippen molar-refractivity contribution in [1.29, 1.82) is 0 Å². The lowest BCUT2D eigenvalue weighted by Gasteiger charge is -2.33. The lowest BCUT2D eigenvalue weighted by molar-refractivity contribution is -0.116. The van der Waals surface area contributed by atoms with E-state index in [0.717, 1.165) is 51.6 Å². The fraction of sp³-hybridized carbons (Fsp3) is 0.769. The van der Waals surface area contributed by atoms with E-state index in [4.69, 9.17) is 0 Å². The molecule has 1 rings (SSSR count).